The number of rotatable bonds is 4. The Labute approximate surface area is 106 Å². The van der Waals surface area contributed by atoms with Crippen LogP contribution in [0.3, 0.4) is 0 Å². The Kier molecular flexibility index (Phi) is 4.68. The molecule has 1 rings (SSSR count). The molecule has 1 aromatic carbocycles. The van der Waals surface area contributed by atoms with E-state index in [9.17, 15) is 13.2 Å². The van der Waals surface area contributed by atoms with E-state index < -0.39 is 6.36 Å². The molecular formula is C11H12BrF3O2. The quantitative estimate of drug-likeness (QED) is 0.825. The molecule has 6 heteroatoms. The molecule has 0 aliphatic heterocycles. The van der Waals surface area contributed by atoms with E-state index in [0.29, 0.717) is 16.5 Å². The van der Waals surface area contributed by atoms with Crippen molar-refractivity contribution in [3.05, 3.63) is 22.2 Å². The smallest absolute Gasteiger partial charge is 0.493 e. The van der Waals surface area contributed by atoms with Gasteiger partial charge in [0.05, 0.1) is 7.11 Å². The largest absolute Gasteiger partial charge is 0.573 e. The van der Waals surface area contributed by atoms with Crippen LogP contribution >= 0.6 is 15.9 Å². The van der Waals surface area contributed by atoms with Gasteiger partial charge in [-0.15, -0.1) is 13.2 Å². The summed E-state index contributed by atoms with van der Waals surface area (Å²) in [6, 6.07) is 2.97. The van der Waals surface area contributed by atoms with E-state index in [-0.39, 0.29) is 11.5 Å². The predicted octanol–water partition coefficient (Wildman–Crippen LogP) is 4.31. The van der Waals surface area contributed by atoms with Crippen molar-refractivity contribution >= 4 is 15.9 Å². The molecule has 0 aromatic heterocycles. The molecule has 0 radical (unpaired) electrons. The van der Waals surface area contributed by atoms with Gasteiger partial charge in [0.25, 0.3) is 0 Å². The van der Waals surface area contributed by atoms with Gasteiger partial charge in [0.2, 0.25) is 0 Å². The summed E-state index contributed by atoms with van der Waals surface area (Å²) in [6.07, 6.45) is -3.30. The predicted molar refractivity (Wildman–Crippen MR) is 61.4 cm³/mol. The van der Waals surface area contributed by atoms with Gasteiger partial charge >= 0.3 is 6.36 Å². The second-order valence-corrected chi connectivity index (χ2v) is 4.31. The summed E-state index contributed by atoms with van der Waals surface area (Å²) in [5.41, 5.74) is 0.684. The summed E-state index contributed by atoms with van der Waals surface area (Å²) >= 11 is 3.15. The second-order valence-electron chi connectivity index (χ2n) is 3.39. The van der Waals surface area contributed by atoms with Gasteiger partial charge in [-0.1, -0.05) is 29.3 Å². The van der Waals surface area contributed by atoms with Crippen molar-refractivity contribution in [3.8, 4) is 11.5 Å². The topological polar surface area (TPSA) is 18.5 Å². The molecule has 0 N–H and O–H groups in total. The minimum absolute atomic E-state index is 0.132. The Hall–Kier alpha value is -0.910. The van der Waals surface area contributed by atoms with Crippen LogP contribution in [0, 0.1) is 0 Å². The van der Waals surface area contributed by atoms with Gasteiger partial charge in [-0.25, -0.2) is 0 Å². The van der Waals surface area contributed by atoms with Crippen molar-refractivity contribution < 1.29 is 22.6 Å². The fourth-order valence-corrected chi connectivity index (χ4v) is 1.99. The third kappa shape index (κ3) is 4.11. The molecular weight excluding hydrogens is 301 g/mol. The Morgan fingerprint density at radius 2 is 1.94 bits per heavy atom. The number of benzene rings is 1. The van der Waals surface area contributed by atoms with Crippen molar-refractivity contribution in [2.75, 3.05) is 7.11 Å². The maximum atomic E-state index is 12.2. The van der Waals surface area contributed by atoms with Crippen LogP contribution in [0.2, 0.25) is 0 Å². The van der Waals surface area contributed by atoms with Crippen molar-refractivity contribution in [3.63, 3.8) is 0 Å². The lowest BCUT2D eigenvalue weighted by Gasteiger charge is -2.16. The first-order chi connectivity index (χ1) is 7.87. The molecule has 0 aliphatic rings. The molecule has 0 saturated carbocycles. The van der Waals surface area contributed by atoms with E-state index in [4.69, 9.17) is 4.74 Å². The number of alkyl halides is 3. The monoisotopic (exact) mass is 312 g/mol. The Morgan fingerprint density at radius 1 is 1.29 bits per heavy atom. The maximum Gasteiger partial charge on any atom is 0.573 e. The van der Waals surface area contributed by atoms with Crippen LogP contribution in [-0.4, -0.2) is 13.5 Å². The van der Waals surface area contributed by atoms with E-state index in [1.165, 1.54) is 13.2 Å². The van der Waals surface area contributed by atoms with Crippen molar-refractivity contribution in [2.24, 2.45) is 0 Å². The number of aryl methyl sites for hydroxylation is 1. The fraction of sp³-hybridized carbons (Fsp3) is 0.455. The lowest BCUT2D eigenvalue weighted by molar-refractivity contribution is -0.275. The van der Waals surface area contributed by atoms with E-state index in [1.807, 2.05) is 6.92 Å². The number of methoxy groups -OCH3 is 1. The molecule has 0 amide bonds. The molecule has 2 nitrogen and oxygen atoms in total. The van der Waals surface area contributed by atoms with Crippen LogP contribution in [0.4, 0.5) is 13.2 Å². The average Bonchev–Trinajstić information content (AvgIpc) is 2.15. The lowest BCUT2D eigenvalue weighted by atomic mass is 10.1. The molecule has 96 valence electrons. The molecule has 0 unspecified atom stereocenters. The fourth-order valence-electron chi connectivity index (χ4n) is 1.51. The van der Waals surface area contributed by atoms with Crippen LogP contribution in [-0.2, 0) is 6.42 Å². The normalized spacial score (nSPS) is 11.4. The highest BCUT2D eigenvalue weighted by Crippen LogP contribution is 2.38. The Morgan fingerprint density at radius 3 is 2.41 bits per heavy atom. The molecule has 0 aliphatic carbocycles. The molecule has 0 heterocycles. The van der Waals surface area contributed by atoms with Crippen LogP contribution < -0.4 is 9.47 Å². The van der Waals surface area contributed by atoms with Crippen LogP contribution in [0.5, 0.6) is 11.5 Å². The van der Waals surface area contributed by atoms with E-state index in [0.717, 1.165) is 6.42 Å². The van der Waals surface area contributed by atoms with Gasteiger partial charge in [0.15, 0.2) is 11.5 Å². The Balaban J connectivity index is 3.18. The first-order valence-corrected chi connectivity index (χ1v) is 5.78. The zero-order valence-electron chi connectivity index (χ0n) is 9.40. The zero-order chi connectivity index (χ0) is 13.1. The second kappa shape index (κ2) is 5.62. The molecule has 0 spiro atoms. The zero-order valence-corrected chi connectivity index (χ0v) is 11.0. The minimum Gasteiger partial charge on any atom is -0.493 e. The number of hydrogen-bond donors (Lipinski definition) is 0. The maximum absolute atomic E-state index is 12.2. The molecule has 1 aromatic rings. The first-order valence-electron chi connectivity index (χ1n) is 4.99. The molecule has 0 bridgehead atoms. The summed E-state index contributed by atoms with van der Waals surface area (Å²) in [4.78, 5) is 0. The van der Waals surface area contributed by atoms with Crippen molar-refractivity contribution in [1.82, 2.24) is 0 Å². The Bertz CT molecular complexity index is 391. The van der Waals surface area contributed by atoms with Crippen molar-refractivity contribution in [1.29, 1.82) is 0 Å². The highest BCUT2D eigenvalue weighted by molar-refractivity contribution is 9.10. The highest BCUT2D eigenvalue weighted by atomic mass is 79.9. The van der Waals surface area contributed by atoms with Gasteiger partial charge < -0.3 is 9.47 Å². The molecule has 17 heavy (non-hydrogen) atoms. The average molecular weight is 313 g/mol. The van der Waals surface area contributed by atoms with Crippen LogP contribution in [0.15, 0.2) is 16.6 Å². The van der Waals surface area contributed by atoms with Gasteiger partial charge in [-0.05, 0) is 24.1 Å². The summed E-state index contributed by atoms with van der Waals surface area (Å²) < 4.78 is 46.1. The highest BCUT2D eigenvalue weighted by Gasteiger charge is 2.33. The van der Waals surface area contributed by atoms with E-state index in [2.05, 4.69) is 20.7 Å². The summed E-state index contributed by atoms with van der Waals surface area (Å²) in [5.74, 6) is -0.190. The summed E-state index contributed by atoms with van der Waals surface area (Å²) in [5, 5.41) is 0. The number of halogens is 4. The van der Waals surface area contributed by atoms with Gasteiger partial charge in [-0.2, -0.15) is 0 Å². The van der Waals surface area contributed by atoms with Crippen molar-refractivity contribution in [2.45, 2.75) is 26.1 Å². The SMILES string of the molecule is CCCc1cc(Br)cc(OC(F)(F)F)c1OC. The first kappa shape index (κ1) is 14.2. The summed E-state index contributed by atoms with van der Waals surface area (Å²) in [6.45, 7) is 1.94. The minimum atomic E-state index is -4.72. The molecule has 0 atom stereocenters. The summed E-state index contributed by atoms with van der Waals surface area (Å²) in [7, 11) is 1.33. The van der Waals surface area contributed by atoms with Gasteiger partial charge in [-0.3, -0.25) is 0 Å². The van der Waals surface area contributed by atoms with Crippen LogP contribution in [0.1, 0.15) is 18.9 Å². The van der Waals surface area contributed by atoms with Gasteiger partial charge in [0.1, 0.15) is 0 Å². The standard InChI is InChI=1S/C11H12BrF3O2/c1-3-4-7-5-8(12)6-9(10(7)16-2)17-11(13,14)15/h5-6H,3-4H2,1-2H3. The lowest BCUT2D eigenvalue weighted by Crippen LogP contribution is -2.18. The van der Waals surface area contributed by atoms with Crippen LogP contribution in [0.25, 0.3) is 0 Å². The third-order valence-electron chi connectivity index (χ3n) is 2.05. The number of ether oxygens (including phenoxy) is 2. The van der Waals surface area contributed by atoms with E-state index in [1.54, 1.807) is 6.07 Å². The van der Waals surface area contributed by atoms with E-state index >= 15 is 0 Å². The van der Waals surface area contributed by atoms with Gasteiger partial charge in [0, 0.05) is 4.47 Å². The molecule has 0 saturated heterocycles. The molecule has 0 fully saturated rings. The number of hydrogen-bond acceptors (Lipinski definition) is 2. The third-order valence-corrected chi connectivity index (χ3v) is 2.50.